The summed E-state index contributed by atoms with van der Waals surface area (Å²) in [7, 11) is 0. The predicted molar refractivity (Wildman–Crippen MR) is 63.6 cm³/mol. The molecule has 0 saturated heterocycles. The van der Waals surface area contributed by atoms with Crippen LogP contribution in [-0.2, 0) is 6.42 Å². The zero-order valence-electron chi connectivity index (χ0n) is 9.35. The van der Waals surface area contributed by atoms with Gasteiger partial charge in [-0.15, -0.1) is 0 Å². The van der Waals surface area contributed by atoms with Crippen LogP contribution in [0, 0.1) is 6.92 Å². The van der Waals surface area contributed by atoms with Crippen LogP contribution in [0.3, 0.4) is 0 Å². The number of nitrogens with two attached hydrogens (primary N) is 1. The van der Waals surface area contributed by atoms with Crippen LogP contribution < -0.4 is 5.73 Å². The first kappa shape index (κ1) is 9.60. The van der Waals surface area contributed by atoms with Gasteiger partial charge in [0.2, 0.25) is 0 Å². The standard InChI is InChI=1S/C13H15N3/c1-9-2-5-11(6-3-9)16-13-10(8-15-16)4-7-12(13)14/h2-3,5-6,8,12H,4,7,14H2,1H3. The first-order chi connectivity index (χ1) is 7.75. The van der Waals surface area contributed by atoms with E-state index in [0.29, 0.717) is 0 Å². The number of hydrogen-bond donors (Lipinski definition) is 1. The SMILES string of the molecule is Cc1ccc(-n2ncc3c2C(N)CC3)cc1. The zero-order valence-corrected chi connectivity index (χ0v) is 9.35. The second-order valence-corrected chi connectivity index (χ2v) is 4.45. The maximum atomic E-state index is 6.10. The largest absolute Gasteiger partial charge is 0.323 e. The van der Waals surface area contributed by atoms with Crippen molar-refractivity contribution in [2.45, 2.75) is 25.8 Å². The summed E-state index contributed by atoms with van der Waals surface area (Å²) in [6.07, 6.45) is 4.05. The third kappa shape index (κ3) is 1.36. The molecule has 3 rings (SSSR count). The van der Waals surface area contributed by atoms with E-state index in [0.717, 1.165) is 18.5 Å². The van der Waals surface area contributed by atoms with E-state index in [9.17, 15) is 0 Å². The molecule has 0 spiro atoms. The molecular weight excluding hydrogens is 198 g/mol. The highest BCUT2D eigenvalue weighted by atomic mass is 15.3. The van der Waals surface area contributed by atoms with Gasteiger partial charge in [0.1, 0.15) is 0 Å². The monoisotopic (exact) mass is 213 g/mol. The molecule has 1 aliphatic carbocycles. The van der Waals surface area contributed by atoms with Gasteiger partial charge in [-0.3, -0.25) is 0 Å². The van der Waals surface area contributed by atoms with Crippen LogP contribution in [0.15, 0.2) is 30.5 Å². The molecule has 1 atom stereocenters. The topological polar surface area (TPSA) is 43.8 Å². The number of nitrogens with zero attached hydrogens (tertiary/aromatic N) is 2. The Morgan fingerprint density at radius 1 is 1.31 bits per heavy atom. The minimum absolute atomic E-state index is 0.138. The summed E-state index contributed by atoms with van der Waals surface area (Å²) in [6.45, 7) is 2.09. The Hall–Kier alpha value is -1.61. The van der Waals surface area contributed by atoms with Crippen molar-refractivity contribution in [2.24, 2.45) is 5.73 Å². The molecule has 0 aliphatic heterocycles. The van der Waals surface area contributed by atoms with Gasteiger partial charge in [0.25, 0.3) is 0 Å². The number of aryl methyl sites for hydroxylation is 2. The fourth-order valence-electron chi connectivity index (χ4n) is 2.32. The van der Waals surface area contributed by atoms with Gasteiger partial charge in [-0.25, -0.2) is 4.68 Å². The summed E-state index contributed by atoms with van der Waals surface area (Å²) in [5.74, 6) is 0. The van der Waals surface area contributed by atoms with Crippen molar-refractivity contribution >= 4 is 0 Å². The van der Waals surface area contributed by atoms with Crippen LogP contribution in [0.5, 0.6) is 0 Å². The van der Waals surface area contributed by atoms with Crippen LogP contribution in [0.2, 0.25) is 0 Å². The molecule has 1 aromatic carbocycles. The van der Waals surface area contributed by atoms with E-state index in [1.807, 2.05) is 10.9 Å². The Bertz CT molecular complexity index is 510. The van der Waals surface area contributed by atoms with Crippen LogP contribution >= 0.6 is 0 Å². The minimum Gasteiger partial charge on any atom is -0.323 e. The smallest absolute Gasteiger partial charge is 0.0649 e. The highest BCUT2D eigenvalue weighted by molar-refractivity contribution is 5.39. The third-order valence-electron chi connectivity index (χ3n) is 3.24. The molecule has 1 unspecified atom stereocenters. The van der Waals surface area contributed by atoms with Crippen molar-refractivity contribution in [1.29, 1.82) is 0 Å². The molecule has 2 N–H and O–H groups in total. The first-order valence-electron chi connectivity index (χ1n) is 5.65. The van der Waals surface area contributed by atoms with Crippen molar-refractivity contribution in [3.05, 3.63) is 47.3 Å². The van der Waals surface area contributed by atoms with Gasteiger partial charge >= 0.3 is 0 Å². The lowest BCUT2D eigenvalue weighted by Gasteiger charge is -2.09. The Balaban J connectivity index is 2.11. The summed E-state index contributed by atoms with van der Waals surface area (Å²) in [5, 5.41) is 4.42. The third-order valence-corrected chi connectivity index (χ3v) is 3.24. The molecular formula is C13H15N3. The Kier molecular flexibility index (Phi) is 2.07. The number of rotatable bonds is 1. The lowest BCUT2D eigenvalue weighted by Crippen LogP contribution is -2.12. The van der Waals surface area contributed by atoms with Crippen LogP contribution in [0.25, 0.3) is 5.69 Å². The van der Waals surface area contributed by atoms with E-state index >= 15 is 0 Å². The number of fused-ring (bicyclic) bond motifs is 1. The second kappa shape index (κ2) is 3.46. The van der Waals surface area contributed by atoms with Crippen molar-refractivity contribution in [3.8, 4) is 5.69 Å². The van der Waals surface area contributed by atoms with Gasteiger partial charge in [-0.2, -0.15) is 5.10 Å². The lowest BCUT2D eigenvalue weighted by molar-refractivity contribution is 0.653. The van der Waals surface area contributed by atoms with Gasteiger partial charge in [0, 0.05) is 6.04 Å². The quantitative estimate of drug-likeness (QED) is 0.788. The van der Waals surface area contributed by atoms with Crippen molar-refractivity contribution in [1.82, 2.24) is 9.78 Å². The van der Waals surface area contributed by atoms with Gasteiger partial charge in [0.15, 0.2) is 0 Å². The Morgan fingerprint density at radius 3 is 2.81 bits per heavy atom. The summed E-state index contributed by atoms with van der Waals surface area (Å²) >= 11 is 0. The molecule has 3 nitrogen and oxygen atoms in total. The molecule has 0 bridgehead atoms. The predicted octanol–water partition coefficient (Wildman–Crippen LogP) is 2.13. The van der Waals surface area contributed by atoms with Gasteiger partial charge in [0.05, 0.1) is 17.6 Å². The van der Waals surface area contributed by atoms with Gasteiger partial charge in [-0.05, 0) is 37.5 Å². The van der Waals surface area contributed by atoms with E-state index in [1.54, 1.807) is 0 Å². The molecule has 3 heteroatoms. The first-order valence-corrected chi connectivity index (χ1v) is 5.65. The molecule has 0 radical (unpaired) electrons. The van der Waals surface area contributed by atoms with Gasteiger partial charge in [-0.1, -0.05) is 17.7 Å². The maximum Gasteiger partial charge on any atom is 0.0649 e. The molecule has 1 heterocycles. The molecule has 1 aromatic heterocycles. The summed E-state index contributed by atoms with van der Waals surface area (Å²) < 4.78 is 1.98. The molecule has 0 saturated carbocycles. The van der Waals surface area contributed by atoms with Gasteiger partial charge < -0.3 is 5.73 Å². The molecule has 82 valence electrons. The van der Waals surface area contributed by atoms with Crippen molar-refractivity contribution in [2.75, 3.05) is 0 Å². The highest BCUT2D eigenvalue weighted by Gasteiger charge is 2.24. The molecule has 2 aromatic rings. The maximum absolute atomic E-state index is 6.10. The summed E-state index contributed by atoms with van der Waals surface area (Å²) in [6, 6.07) is 8.52. The summed E-state index contributed by atoms with van der Waals surface area (Å²) in [4.78, 5) is 0. The normalized spacial score (nSPS) is 18.8. The lowest BCUT2D eigenvalue weighted by atomic mass is 10.2. The molecule has 0 amide bonds. The number of aromatic nitrogens is 2. The number of benzene rings is 1. The van der Waals surface area contributed by atoms with Crippen LogP contribution in [0.1, 0.15) is 29.3 Å². The van der Waals surface area contributed by atoms with Crippen molar-refractivity contribution in [3.63, 3.8) is 0 Å². The molecule has 16 heavy (non-hydrogen) atoms. The Labute approximate surface area is 94.9 Å². The van der Waals surface area contributed by atoms with Crippen molar-refractivity contribution < 1.29 is 0 Å². The minimum atomic E-state index is 0.138. The Morgan fingerprint density at radius 2 is 2.06 bits per heavy atom. The highest BCUT2D eigenvalue weighted by Crippen LogP contribution is 2.30. The average Bonchev–Trinajstić information content (AvgIpc) is 2.84. The van der Waals surface area contributed by atoms with E-state index in [1.165, 1.54) is 16.8 Å². The van der Waals surface area contributed by atoms with E-state index in [-0.39, 0.29) is 6.04 Å². The fraction of sp³-hybridized carbons (Fsp3) is 0.308. The fourth-order valence-corrected chi connectivity index (χ4v) is 2.32. The average molecular weight is 213 g/mol. The zero-order chi connectivity index (χ0) is 11.1. The van der Waals surface area contributed by atoms with Crippen LogP contribution in [0.4, 0.5) is 0 Å². The molecule has 1 aliphatic rings. The number of hydrogen-bond acceptors (Lipinski definition) is 2. The summed E-state index contributed by atoms with van der Waals surface area (Å²) in [5.41, 5.74) is 10.9. The molecule has 0 fully saturated rings. The van der Waals surface area contributed by atoms with E-state index in [4.69, 9.17) is 5.73 Å². The van der Waals surface area contributed by atoms with Crippen LogP contribution in [-0.4, -0.2) is 9.78 Å². The second-order valence-electron chi connectivity index (χ2n) is 4.45. The van der Waals surface area contributed by atoms with E-state index < -0.39 is 0 Å². The van der Waals surface area contributed by atoms with E-state index in [2.05, 4.69) is 36.3 Å².